The van der Waals surface area contributed by atoms with Crippen LogP contribution in [0.1, 0.15) is 11.4 Å². The van der Waals surface area contributed by atoms with Gasteiger partial charge in [0.05, 0.1) is 0 Å². The van der Waals surface area contributed by atoms with Crippen molar-refractivity contribution in [2.24, 2.45) is 0 Å². The quantitative estimate of drug-likeness (QED) is 0.727. The first-order chi connectivity index (χ1) is 5.38. The maximum absolute atomic E-state index is 5.25. The molecule has 2 atom stereocenters. The third kappa shape index (κ3) is 2.55. The minimum Gasteiger partial charge on any atom is -0.372 e. The molecule has 0 bridgehead atoms. The minimum atomic E-state index is 0.205. The third-order valence-electron chi connectivity index (χ3n) is 1.44. The van der Waals surface area contributed by atoms with E-state index in [4.69, 9.17) is 4.74 Å². The Hall–Kier alpha value is 0.0900. The summed E-state index contributed by atoms with van der Waals surface area (Å²) in [7, 11) is 2.34. The molecule has 0 fully saturated rings. The fourth-order valence-corrected chi connectivity index (χ4v) is 2.63. The summed E-state index contributed by atoms with van der Waals surface area (Å²) in [5.41, 5.74) is 1.23. The maximum atomic E-state index is 5.25. The molecule has 3 heteroatoms. The van der Waals surface area contributed by atoms with Crippen molar-refractivity contribution in [1.29, 1.82) is 0 Å². The maximum Gasteiger partial charge on any atom is 0.108 e. The van der Waals surface area contributed by atoms with Gasteiger partial charge in [-0.15, -0.1) is 0 Å². The average molecular weight is 233 g/mol. The van der Waals surface area contributed by atoms with Gasteiger partial charge in [0.2, 0.25) is 0 Å². The fraction of sp³-hybridized carbons (Fsp3) is 0.250. The second kappa shape index (κ2) is 4.87. The summed E-state index contributed by atoms with van der Waals surface area (Å²) in [6.45, 7) is 0. The summed E-state index contributed by atoms with van der Waals surface area (Å²) < 4.78 is 5.25. The van der Waals surface area contributed by atoms with Gasteiger partial charge in [0.25, 0.3) is 0 Å². The molecule has 0 amide bonds. The zero-order valence-corrected chi connectivity index (χ0v) is 8.84. The van der Waals surface area contributed by atoms with E-state index >= 15 is 0 Å². The molecule has 2 unspecified atom stereocenters. The molecular weight excluding hydrogens is 223 g/mol. The first-order valence-electron chi connectivity index (χ1n) is 3.32. The topological polar surface area (TPSA) is 9.23 Å². The lowest BCUT2D eigenvalue weighted by Crippen LogP contribution is -1.91. The van der Waals surface area contributed by atoms with Crippen molar-refractivity contribution in [2.75, 3.05) is 7.11 Å². The van der Waals surface area contributed by atoms with Crippen LogP contribution in [0.25, 0.3) is 0 Å². The van der Waals surface area contributed by atoms with Crippen LogP contribution >= 0.6 is 22.8 Å². The molecule has 0 aliphatic heterocycles. The molecule has 0 aliphatic carbocycles. The molecule has 11 heavy (non-hydrogen) atoms. The van der Waals surface area contributed by atoms with E-state index in [0.717, 1.165) is 0 Å². The Morgan fingerprint density at radius 3 is 2.45 bits per heavy atom. The van der Waals surface area contributed by atoms with E-state index < -0.39 is 0 Å². The number of ether oxygens (including phenoxy) is 1. The van der Waals surface area contributed by atoms with Crippen LogP contribution in [0, 0.1) is 0 Å². The van der Waals surface area contributed by atoms with Crippen molar-refractivity contribution in [3.63, 3.8) is 0 Å². The van der Waals surface area contributed by atoms with E-state index in [-0.39, 0.29) is 5.85 Å². The van der Waals surface area contributed by atoms with E-state index in [0.29, 0.717) is 7.28 Å². The van der Waals surface area contributed by atoms with E-state index in [1.165, 1.54) is 5.56 Å². The van der Waals surface area contributed by atoms with Crippen LogP contribution in [0.4, 0.5) is 0 Å². The van der Waals surface area contributed by atoms with Crippen LogP contribution in [0.3, 0.4) is 0 Å². The van der Waals surface area contributed by atoms with Gasteiger partial charge in [-0.05, 0) is 12.8 Å². The molecule has 0 aliphatic rings. The second-order valence-electron chi connectivity index (χ2n) is 2.14. The van der Waals surface area contributed by atoms with Crippen molar-refractivity contribution in [3.05, 3.63) is 35.9 Å². The number of halogens is 1. The lowest BCUT2D eigenvalue weighted by atomic mass is 10.2. The minimum absolute atomic E-state index is 0.205. The van der Waals surface area contributed by atoms with Crippen molar-refractivity contribution < 1.29 is 4.74 Å². The highest BCUT2D eigenvalue weighted by Gasteiger charge is 2.06. The van der Waals surface area contributed by atoms with Gasteiger partial charge in [0, 0.05) is 7.11 Å². The lowest BCUT2D eigenvalue weighted by molar-refractivity contribution is 0.174. The number of benzene rings is 1. The van der Waals surface area contributed by atoms with Crippen LogP contribution in [-0.4, -0.2) is 7.11 Å². The molecule has 1 aromatic carbocycles. The van der Waals surface area contributed by atoms with E-state index in [9.17, 15) is 0 Å². The van der Waals surface area contributed by atoms with Crippen LogP contribution in [-0.2, 0) is 4.74 Å². The zero-order valence-electron chi connectivity index (χ0n) is 6.25. The van der Waals surface area contributed by atoms with Crippen molar-refractivity contribution >= 4 is 22.8 Å². The highest BCUT2D eigenvalue weighted by atomic mass is 79.9. The Kier molecular flexibility index (Phi) is 4.06. The van der Waals surface area contributed by atoms with Crippen LogP contribution in [0.15, 0.2) is 30.3 Å². The van der Waals surface area contributed by atoms with Crippen LogP contribution in [0.2, 0.25) is 0 Å². The normalized spacial score (nSPS) is 14.0. The van der Waals surface area contributed by atoms with Crippen molar-refractivity contribution in [1.82, 2.24) is 0 Å². The van der Waals surface area contributed by atoms with Gasteiger partial charge < -0.3 is 4.74 Å². The standard InChI is InChI=1S/C8H10BrOP/c1-10-8(11-9)7-5-3-2-4-6-7/h2-6,8,11H,1H3. The SMILES string of the molecule is COC(PBr)c1ccccc1. The highest BCUT2D eigenvalue weighted by molar-refractivity contribution is 9.36. The zero-order chi connectivity index (χ0) is 8.10. The molecule has 0 aromatic heterocycles. The number of methoxy groups -OCH3 is 1. The third-order valence-corrected chi connectivity index (χ3v) is 3.45. The first kappa shape index (κ1) is 9.18. The molecule has 0 spiro atoms. The Morgan fingerprint density at radius 1 is 1.36 bits per heavy atom. The van der Waals surface area contributed by atoms with Gasteiger partial charge in [-0.1, -0.05) is 45.8 Å². The summed E-state index contributed by atoms with van der Waals surface area (Å²) in [6.07, 6.45) is 0. The molecule has 0 N–H and O–H groups in total. The van der Waals surface area contributed by atoms with Gasteiger partial charge in [-0.3, -0.25) is 0 Å². The number of hydrogen-bond acceptors (Lipinski definition) is 1. The Morgan fingerprint density at radius 2 is 2.00 bits per heavy atom. The Bertz CT molecular complexity index is 199. The molecule has 1 rings (SSSR count). The fourth-order valence-electron chi connectivity index (χ4n) is 0.871. The Labute approximate surface area is 76.7 Å². The second-order valence-corrected chi connectivity index (χ2v) is 4.25. The Balaban J connectivity index is 2.74. The van der Waals surface area contributed by atoms with Gasteiger partial charge in [-0.2, -0.15) is 0 Å². The van der Waals surface area contributed by atoms with Gasteiger partial charge in [0.1, 0.15) is 5.85 Å². The van der Waals surface area contributed by atoms with Gasteiger partial charge in [0.15, 0.2) is 0 Å². The van der Waals surface area contributed by atoms with Gasteiger partial charge in [-0.25, -0.2) is 0 Å². The van der Waals surface area contributed by atoms with Crippen LogP contribution < -0.4 is 0 Å². The number of hydrogen-bond donors (Lipinski definition) is 0. The number of rotatable bonds is 3. The van der Waals surface area contributed by atoms with Crippen molar-refractivity contribution in [3.8, 4) is 0 Å². The monoisotopic (exact) mass is 232 g/mol. The molecule has 60 valence electrons. The highest BCUT2D eigenvalue weighted by Crippen LogP contribution is 2.40. The molecule has 1 aromatic rings. The molecule has 0 saturated heterocycles. The smallest absolute Gasteiger partial charge is 0.108 e. The average Bonchev–Trinajstić information content (AvgIpc) is 2.09. The summed E-state index contributed by atoms with van der Waals surface area (Å²) in [4.78, 5) is 0. The predicted molar refractivity (Wildman–Crippen MR) is 53.4 cm³/mol. The predicted octanol–water partition coefficient (Wildman–Crippen LogP) is 3.32. The molecule has 0 radical (unpaired) electrons. The molecule has 0 heterocycles. The summed E-state index contributed by atoms with van der Waals surface area (Å²) >= 11 is 3.42. The first-order valence-corrected chi connectivity index (χ1v) is 6.66. The summed E-state index contributed by atoms with van der Waals surface area (Å²) in [5, 5.41) is 0. The van der Waals surface area contributed by atoms with Crippen LogP contribution in [0.5, 0.6) is 0 Å². The summed E-state index contributed by atoms with van der Waals surface area (Å²) in [5.74, 6) is 0.205. The van der Waals surface area contributed by atoms with E-state index in [2.05, 4.69) is 27.6 Å². The lowest BCUT2D eigenvalue weighted by Gasteiger charge is -2.11. The largest absolute Gasteiger partial charge is 0.372 e. The molecular formula is C8H10BrOP. The molecule has 1 nitrogen and oxygen atoms in total. The van der Waals surface area contributed by atoms with E-state index in [1.807, 2.05) is 18.2 Å². The van der Waals surface area contributed by atoms with Gasteiger partial charge >= 0.3 is 0 Å². The van der Waals surface area contributed by atoms with E-state index in [1.54, 1.807) is 7.11 Å². The van der Waals surface area contributed by atoms with Crippen molar-refractivity contribution in [2.45, 2.75) is 5.85 Å². The molecule has 0 saturated carbocycles. The summed E-state index contributed by atoms with van der Waals surface area (Å²) in [6, 6.07) is 10.2.